The SMILES string of the molecule is Cc1cc(N2CCCC(C)CC2)ccc1C(N)=S. The highest BCUT2D eigenvalue weighted by Crippen LogP contribution is 2.24. The van der Waals surface area contributed by atoms with Crippen LogP contribution in [0.2, 0.25) is 0 Å². The molecule has 0 amide bonds. The molecule has 1 aliphatic heterocycles. The number of nitrogens with zero attached hydrogens (tertiary/aromatic N) is 1. The van der Waals surface area contributed by atoms with Gasteiger partial charge < -0.3 is 10.6 Å². The van der Waals surface area contributed by atoms with Crippen molar-refractivity contribution in [1.82, 2.24) is 0 Å². The van der Waals surface area contributed by atoms with Crippen LogP contribution in [0.25, 0.3) is 0 Å². The number of hydrogen-bond acceptors (Lipinski definition) is 2. The molecule has 1 unspecified atom stereocenters. The van der Waals surface area contributed by atoms with E-state index in [0.717, 1.165) is 24.6 Å². The lowest BCUT2D eigenvalue weighted by atomic mass is 10.0. The van der Waals surface area contributed by atoms with Gasteiger partial charge in [-0.05, 0) is 55.9 Å². The van der Waals surface area contributed by atoms with Crippen molar-refractivity contribution >= 4 is 22.9 Å². The first kappa shape index (κ1) is 13.3. The van der Waals surface area contributed by atoms with Crippen LogP contribution in [0.5, 0.6) is 0 Å². The number of aryl methyl sites for hydroxylation is 1. The molecule has 0 aromatic heterocycles. The molecular weight excluding hydrogens is 240 g/mol. The summed E-state index contributed by atoms with van der Waals surface area (Å²) in [5.41, 5.74) is 9.19. The molecule has 1 saturated heterocycles. The van der Waals surface area contributed by atoms with Crippen molar-refractivity contribution in [2.75, 3.05) is 18.0 Å². The van der Waals surface area contributed by atoms with Gasteiger partial charge in [0.1, 0.15) is 4.99 Å². The van der Waals surface area contributed by atoms with Gasteiger partial charge in [0.15, 0.2) is 0 Å². The summed E-state index contributed by atoms with van der Waals surface area (Å²) in [5.74, 6) is 0.854. The third-order valence-electron chi connectivity index (χ3n) is 3.86. The van der Waals surface area contributed by atoms with E-state index in [1.807, 2.05) is 0 Å². The smallest absolute Gasteiger partial charge is 0.104 e. The monoisotopic (exact) mass is 262 g/mol. The molecule has 1 aliphatic rings. The Morgan fingerprint density at radius 3 is 2.78 bits per heavy atom. The van der Waals surface area contributed by atoms with Crippen LogP contribution in [0.1, 0.15) is 37.3 Å². The molecule has 2 nitrogen and oxygen atoms in total. The van der Waals surface area contributed by atoms with E-state index in [1.54, 1.807) is 0 Å². The van der Waals surface area contributed by atoms with Crippen molar-refractivity contribution in [3.05, 3.63) is 29.3 Å². The van der Waals surface area contributed by atoms with Crippen LogP contribution in [0.4, 0.5) is 5.69 Å². The number of benzene rings is 1. The predicted octanol–water partition coefficient (Wildman–Crippen LogP) is 3.26. The van der Waals surface area contributed by atoms with Crippen molar-refractivity contribution in [3.63, 3.8) is 0 Å². The van der Waals surface area contributed by atoms with Gasteiger partial charge >= 0.3 is 0 Å². The quantitative estimate of drug-likeness (QED) is 0.830. The number of nitrogens with two attached hydrogens (primary N) is 1. The second-order valence-electron chi connectivity index (χ2n) is 5.39. The van der Waals surface area contributed by atoms with Crippen molar-refractivity contribution < 1.29 is 0 Å². The van der Waals surface area contributed by atoms with E-state index in [-0.39, 0.29) is 0 Å². The van der Waals surface area contributed by atoms with Gasteiger partial charge in [-0.15, -0.1) is 0 Å². The molecule has 0 saturated carbocycles. The molecular formula is C15H22N2S. The molecule has 18 heavy (non-hydrogen) atoms. The lowest BCUT2D eigenvalue weighted by Gasteiger charge is -2.23. The van der Waals surface area contributed by atoms with Gasteiger partial charge in [0.25, 0.3) is 0 Å². The predicted molar refractivity (Wildman–Crippen MR) is 82.3 cm³/mol. The van der Waals surface area contributed by atoms with E-state index in [4.69, 9.17) is 18.0 Å². The Kier molecular flexibility index (Phi) is 4.23. The van der Waals surface area contributed by atoms with Crippen LogP contribution in [-0.4, -0.2) is 18.1 Å². The summed E-state index contributed by atoms with van der Waals surface area (Å²) in [4.78, 5) is 2.98. The zero-order valence-corrected chi connectivity index (χ0v) is 12.1. The number of thiocarbonyl (C=S) groups is 1. The summed E-state index contributed by atoms with van der Waals surface area (Å²) >= 11 is 5.05. The molecule has 0 radical (unpaired) electrons. The highest BCUT2D eigenvalue weighted by molar-refractivity contribution is 7.80. The molecule has 1 aromatic rings. The van der Waals surface area contributed by atoms with Gasteiger partial charge in [-0.25, -0.2) is 0 Å². The Bertz CT molecular complexity index is 442. The molecule has 2 N–H and O–H groups in total. The van der Waals surface area contributed by atoms with E-state index in [2.05, 4.69) is 36.9 Å². The summed E-state index contributed by atoms with van der Waals surface area (Å²) in [7, 11) is 0. The average Bonchev–Trinajstić information content (AvgIpc) is 2.53. The molecule has 0 spiro atoms. The molecule has 0 aliphatic carbocycles. The third-order valence-corrected chi connectivity index (χ3v) is 4.08. The molecule has 1 heterocycles. The normalized spacial score (nSPS) is 20.6. The summed E-state index contributed by atoms with van der Waals surface area (Å²) < 4.78 is 0. The zero-order chi connectivity index (χ0) is 13.1. The lowest BCUT2D eigenvalue weighted by molar-refractivity contribution is 0.521. The first-order valence-corrected chi connectivity index (χ1v) is 7.14. The van der Waals surface area contributed by atoms with Gasteiger partial charge in [-0.1, -0.05) is 19.1 Å². The maximum Gasteiger partial charge on any atom is 0.104 e. The van der Waals surface area contributed by atoms with Crippen LogP contribution in [0.3, 0.4) is 0 Å². The van der Waals surface area contributed by atoms with Crippen molar-refractivity contribution in [2.24, 2.45) is 11.7 Å². The second kappa shape index (κ2) is 5.70. The Labute approximate surface area is 115 Å². The second-order valence-corrected chi connectivity index (χ2v) is 5.83. The third kappa shape index (κ3) is 3.02. The van der Waals surface area contributed by atoms with Crippen molar-refractivity contribution in [2.45, 2.75) is 33.1 Å². The first-order chi connectivity index (χ1) is 8.58. The van der Waals surface area contributed by atoms with Crippen molar-refractivity contribution in [3.8, 4) is 0 Å². The Morgan fingerprint density at radius 1 is 1.33 bits per heavy atom. The van der Waals surface area contributed by atoms with Gasteiger partial charge in [0.05, 0.1) is 0 Å². The van der Waals surface area contributed by atoms with E-state index in [9.17, 15) is 0 Å². The molecule has 98 valence electrons. The summed E-state index contributed by atoms with van der Waals surface area (Å²) in [6, 6.07) is 6.42. The molecule has 3 heteroatoms. The lowest BCUT2D eigenvalue weighted by Crippen LogP contribution is -2.24. The molecule has 1 atom stereocenters. The van der Waals surface area contributed by atoms with Gasteiger partial charge in [-0.3, -0.25) is 0 Å². The van der Waals surface area contributed by atoms with Crippen LogP contribution in [0.15, 0.2) is 18.2 Å². The van der Waals surface area contributed by atoms with Crippen LogP contribution in [0, 0.1) is 12.8 Å². The summed E-state index contributed by atoms with van der Waals surface area (Å²) in [6.07, 6.45) is 3.92. The summed E-state index contributed by atoms with van der Waals surface area (Å²) in [6.45, 7) is 6.76. The molecule has 2 rings (SSSR count). The van der Waals surface area contributed by atoms with E-state index < -0.39 is 0 Å². The minimum atomic E-state index is 0.489. The van der Waals surface area contributed by atoms with Gasteiger partial charge in [0, 0.05) is 24.3 Å². The maximum atomic E-state index is 5.70. The number of anilines is 1. The fourth-order valence-electron chi connectivity index (χ4n) is 2.64. The summed E-state index contributed by atoms with van der Waals surface area (Å²) in [5, 5.41) is 0. The standard InChI is InChI=1S/C15H22N2S/c1-11-4-3-8-17(9-7-11)13-5-6-14(15(16)18)12(2)10-13/h5-6,10-11H,3-4,7-9H2,1-2H3,(H2,16,18). The number of hydrogen-bond donors (Lipinski definition) is 1. The van der Waals surface area contributed by atoms with Gasteiger partial charge in [0.2, 0.25) is 0 Å². The van der Waals surface area contributed by atoms with Gasteiger partial charge in [-0.2, -0.15) is 0 Å². The highest BCUT2D eigenvalue weighted by Gasteiger charge is 2.14. The topological polar surface area (TPSA) is 29.3 Å². The molecule has 1 aromatic carbocycles. The van der Waals surface area contributed by atoms with Crippen LogP contribution >= 0.6 is 12.2 Å². The minimum absolute atomic E-state index is 0.489. The Balaban J connectivity index is 2.18. The largest absolute Gasteiger partial charge is 0.389 e. The fourth-order valence-corrected chi connectivity index (χ4v) is 2.87. The van der Waals surface area contributed by atoms with Crippen LogP contribution < -0.4 is 10.6 Å². The van der Waals surface area contributed by atoms with E-state index in [0.29, 0.717) is 4.99 Å². The molecule has 0 bridgehead atoms. The highest BCUT2D eigenvalue weighted by atomic mass is 32.1. The minimum Gasteiger partial charge on any atom is -0.389 e. The van der Waals surface area contributed by atoms with Crippen LogP contribution in [-0.2, 0) is 0 Å². The Morgan fingerprint density at radius 2 is 2.11 bits per heavy atom. The van der Waals surface area contributed by atoms with E-state index in [1.165, 1.54) is 30.5 Å². The zero-order valence-electron chi connectivity index (χ0n) is 11.3. The van der Waals surface area contributed by atoms with E-state index >= 15 is 0 Å². The number of rotatable bonds is 2. The fraction of sp³-hybridized carbons (Fsp3) is 0.533. The van der Waals surface area contributed by atoms with Crippen molar-refractivity contribution in [1.29, 1.82) is 0 Å². The molecule has 1 fully saturated rings. The Hall–Kier alpha value is -1.09. The first-order valence-electron chi connectivity index (χ1n) is 6.73. The maximum absolute atomic E-state index is 5.70. The average molecular weight is 262 g/mol.